The van der Waals surface area contributed by atoms with Crippen LogP contribution >= 0.6 is 0 Å². The van der Waals surface area contributed by atoms with Crippen molar-refractivity contribution < 1.29 is 32.2 Å². The van der Waals surface area contributed by atoms with Crippen molar-refractivity contribution >= 4 is 23.2 Å². The van der Waals surface area contributed by atoms with Crippen LogP contribution in [0.4, 0.5) is 24.5 Å². The van der Waals surface area contributed by atoms with Crippen molar-refractivity contribution in [1.29, 1.82) is 0 Å². The molecule has 0 aliphatic carbocycles. The Morgan fingerprint density at radius 2 is 1.84 bits per heavy atom. The van der Waals surface area contributed by atoms with Gasteiger partial charge in [0.2, 0.25) is 0 Å². The third-order valence-electron chi connectivity index (χ3n) is 4.77. The minimum Gasteiger partial charge on any atom is -0.376 e. The minimum atomic E-state index is -4.51. The molecule has 2 atom stereocenters. The number of halogens is 3. The molecule has 2 unspecified atom stereocenters. The van der Waals surface area contributed by atoms with Crippen LogP contribution in [0.1, 0.15) is 35.7 Å². The van der Waals surface area contributed by atoms with E-state index < -0.39 is 23.8 Å². The van der Waals surface area contributed by atoms with E-state index in [0.717, 1.165) is 25.0 Å². The molecule has 0 radical (unpaired) electrons. The molecule has 0 saturated carbocycles. The van der Waals surface area contributed by atoms with Gasteiger partial charge in [0.15, 0.2) is 0 Å². The topological polar surface area (TPSA) is 76.7 Å². The van der Waals surface area contributed by atoms with Crippen molar-refractivity contribution in [2.24, 2.45) is 0 Å². The Bertz CT molecular complexity index is 927. The largest absolute Gasteiger partial charge is 0.416 e. The zero-order valence-corrected chi connectivity index (χ0v) is 16.9. The van der Waals surface area contributed by atoms with Gasteiger partial charge in [-0.2, -0.15) is 13.2 Å². The Balaban J connectivity index is 1.59. The van der Waals surface area contributed by atoms with Gasteiger partial charge >= 0.3 is 6.18 Å². The highest BCUT2D eigenvalue weighted by atomic mass is 19.4. The van der Waals surface area contributed by atoms with E-state index in [0.29, 0.717) is 18.9 Å². The maximum Gasteiger partial charge on any atom is 0.416 e. The van der Waals surface area contributed by atoms with E-state index in [1.54, 1.807) is 19.1 Å². The number of nitrogens with one attached hydrogen (secondary N) is 2. The summed E-state index contributed by atoms with van der Waals surface area (Å²) in [5, 5.41) is 5.11. The molecule has 2 aromatic rings. The van der Waals surface area contributed by atoms with Crippen molar-refractivity contribution in [3.8, 4) is 0 Å². The predicted molar refractivity (Wildman–Crippen MR) is 109 cm³/mol. The van der Waals surface area contributed by atoms with Gasteiger partial charge in [-0.3, -0.25) is 9.59 Å². The summed E-state index contributed by atoms with van der Waals surface area (Å²) in [6.45, 7) is 2.65. The number of amides is 2. The van der Waals surface area contributed by atoms with E-state index in [1.807, 2.05) is 0 Å². The minimum absolute atomic E-state index is 0.00174. The van der Waals surface area contributed by atoms with Crippen LogP contribution in [0.5, 0.6) is 0 Å². The lowest BCUT2D eigenvalue weighted by atomic mass is 10.1. The van der Waals surface area contributed by atoms with E-state index in [1.165, 1.54) is 24.3 Å². The first-order chi connectivity index (χ1) is 14.7. The second-order valence-electron chi connectivity index (χ2n) is 7.21. The number of alkyl halides is 3. The Morgan fingerprint density at radius 1 is 1.13 bits per heavy atom. The molecule has 9 heteroatoms. The number of anilines is 2. The summed E-state index contributed by atoms with van der Waals surface area (Å²) in [6.07, 6.45) is -3.35. The molecule has 1 aliphatic heterocycles. The summed E-state index contributed by atoms with van der Waals surface area (Å²) in [4.78, 5) is 24.8. The normalized spacial score (nSPS) is 17.2. The van der Waals surface area contributed by atoms with Crippen LogP contribution < -0.4 is 10.6 Å². The third kappa shape index (κ3) is 6.53. The van der Waals surface area contributed by atoms with Crippen LogP contribution in [-0.2, 0) is 20.4 Å². The fraction of sp³-hybridized carbons (Fsp3) is 0.364. The maximum atomic E-state index is 12.8. The van der Waals surface area contributed by atoms with Crippen molar-refractivity contribution in [3.63, 3.8) is 0 Å². The SMILES string of the molecule is CC(OCC1CCCO1)C(=O)Nc1cccc(C(=O)Nc2cccc(C(F)(F)F)c2)c1. The quantitative estimate of drug-likeness (QED) is 0.671. The summed E-state index contributed by atoms with van der Waals surface area (Å²) >= 11 is 0. The number of hydrogen-bond acceptors (Lipinski definition) is 4. The van der Waals surface area contributed by atoms with E-state index in [-0.39, 0.29) is 23.3 Å². The molecule has 6 nitrogen and oxygen atoms in total. The first kappa shape index (κ1) is 22.8. The molecule has 2 aromatic carbocycles. The second-order valence-corrected chi connectivity index (χ2v) is 7.21. The Morgan fingerprint density at radius 3 is 2.52 bits per heavy atom. The monoisotopic (exact) mass is 436 g/mol. The number of carbonyl (C=O) groups excluding carboxylic acids is 2. The van der Waals surface area contributed by atoms with Gasteiger partial charge in [0.1, 0.15) is 6.10 Å². The number of benzene rings is 2. The molecule has 1 fully saturated rings. The first-order valence-corrected chi connectivity index (χ1v) is 9.85. The fourth-order valence-corrected chi connectivity index (χ4v) is 3.06. The molecular formula is C22H23F3N2O4. The Hall–Kier alpha value is -2.91. The maximum absolute atomic E-state index is 12.8. The van der Waals surface area contributed by atoms with Gasteiger partial charge in [-0.05, 0) is 56.2 Å². The smallest absolute Gasteiger partial charge is 0.376 e. The van der Waals surface area contributed by atoms with Crippen LogP contribution in [0.15, 0.2) is 48.5 Å². The summed E-state index contributed by atoms with van der Waals surface area (Å²) < 4.78 is 49.5. The van der Waals surface area contributed by atoms with Crippen molar-refractivity contribution in [3.05, 3.63) is 59.7 Å². The van der Waals surface area contributed by atoms with Crippen molar-refractivity contribution in [1.82, 2.24) is 0 Å². The van der Waals surface area contributed by atoms with Crippen LogP contribution in [0.25, 0.3) is 0 Å². The van der Waals surface area contributed by atoms with Gasteiger partial charge in [0.05, 0.1) is 18.3 Å². The second kappa shape index (κ2) is 9.93. The van der Waals surface area contributed by atoms with Gasteiger partial charge in [0.25, 0.3) is 11.8 Å². The van der Waals surface area contributed by atoms with Crippen LogP contribution in [-0.4, -0.2) is 37.2 Å². The lowest BCUT2D eigenvalue weighted by Crippen LogP contribution is -2.30. The molecule has 31 heavy (non-hydrogen) atoms. The molecule has 2 N–H and O–H groups in total. The summed E-state index contributed by atoms with van der Waals surface area (Å²) in [7, 11) is 0. The zero-order chi connectivity index (χ0) is 22.4. The fourth-order valence-electron chi connectivity index (χ4n) is 3.06. The molecule has 2 amide bonds. The molecule has 1 heterocycles. The number of ether oxygens (including phenoxy) is 2. The van der Waals surface area contributed by atoms with Crippen LogP contribution in [0.2, 0.25) is 0 Å². The highest BCUT2D eigenvalue weighted by Gasteiger charge is 2.30. The summed E-state index contributed by atoms with van der Waals surface area (Å²) in [6, 6.07) is 10.5. The molecule has 0 bridgehead atoms. The Labute approximate surface area is 177 Å². The van der Waals surface area contributed by atoms with Crippen LogP contribution in [0, 0.1) is 0 Å². The number of rotatable bonds is 7. The molecular weight excluding hydrogens is 413 g/mol. The van der Waals surface area contributed by atoms with E-state index in [4.69, 9.17) is 9.47 Å². The molecule has 166 valence electrons. The van der Waals surface area contributed by atoms with E-state index >= 15 is 0 Å². The van der Waals surface area contributed by atoms with Crippen molar-refractivity contribution in [2.45, 2.75) is 38.1 Å². The lowest BCUT2D eigenvalue weighted by molar-refractivity contribution is -0.137. The molecule has 3 rings (SSSR count). The lowest BCUT2D eigenvalue weighted by Gasteiger charge is -2.16. The average Bonchev–Trinajstić information content (AvgIpc) is 3.25. The van der Waals surface area contributed by atoms with Gasteiger partial charge < -0.3 is 20.1 Å². The first-order valence-electron chi connectivity index (χ1n) is 9.85. The van der Waals surface area contributed by atoms with E-state index in [9.17, 15) is 22.8 Å². The predicted octanol–water partition coefficient (Wildman–Crippen LogP) is 4.48. The molecule has 1 saturated heterocycles. The van der Waals surface area contributed by atoms with E-state index in [2.05, 4.69) is 10.6 Å². The number of carbonyl (C=O) groups is 2. The molecule has 0 aromatic heterocycles. The van der Waals surface area contributed by atoms with Crippen LogP contribution in [0.3, 0.4) is 0 Å². The summed E-state index contributed by atoms with van der Waals surface area (Å²) in [5.41, 5.74) is -0.286. The molecule has 1 aliphatic rings. The van der Waals surface area contributed by atoms with Gasteiger partial charge in [-0.15, -0.1) is 0 Å². The average molecular weight is 436 g/mol. The highest BCUT2D eigenvalue weighted by molar-refractivity contribution is 6.05. The number of hydrogen-bond donors (Lipinski definition) is 2. The highest BCUT2D eigenvalue weighted by Crippen LogP contribution is 2.30. The third-order valence-corrected chi connectivity index (χ3v) is 4.77. The summed E-state index contributed by atoms with van der Waals surface area (Å²) in [5.74, 6) is -0.980. The molecule has 0 spiro atoms. The van der Waals surface area contributed by atoms with Crippen molar-refractivity contribution in [2.75, 3.05) is 23.8 Å². The zero-order valence-electron chi connectivity index (χ0n) is 16.9. The van der Waals surface area contributed by atoms with Gasteiger partial charge in [0, 0.05) is 23.5 Å². The Kier molecular flexibility index (Phi) is 7.29. The van der Waals surface area contributed by atoms with Gasteiger partial charge in [-0.25, -0.2) is 0 Å². The van der Waals surface area contributed by atoms with Gasteiger partial charge in [-0.1, -0.05) is 12.1 Å². The standard InChI is InChI=1S/C22H23F3N2O4/c1-14(31-13-19-9-4-10-30-19)20(28)26-17-7-2-5-15(11-17)21(29)27-18-8-3-6-16(12-18)22(23,24)25/h2-3,5-8,11-12,14,19H,4,9-10,13H2,1H3,(H,26,28)(H,27,29).